The summed E-state index contributed by atoms with van der Waals surface area (Å²) >= 11 is 5.45. The first-order valence-corrected chi connectivity index (χ1v) is 7.94. The summed E-state index contributed by atoms with van der Waals surface area (Å²) in [7, 11) is 0. The predicted molar refractivity (Wildman–Crippen MR) is 91.7 cm³/mol. The number of hydrogen-bond acceptors (Lipinski definition) is 3. The third-order valence-electron chi connectivity index (χ3n) is 4.05. The molecule has 0 aromatic heterocycles. The van der Waals surface area contributed by atoms with Crippen molar-refractivity contribution in [3.8, 4) is 5.75 Å². The molecule has 0 atom stereocenters. The second-order valence-electron chi connectivity index (χ2n) is 5.42. The first kappa shape index (κ1) is 15.2. The summed E-state index contributed by atoms with van der Waals surface area (Å²) in [5.74, 6) is 0.918. The molecule has 1 fully saturated rings. The molecule has 2 heterocycles. The zero-order valence-electron chi connectivity index (χ0n) is 12.4. The molecule has 4 nitrogen and oxygen atoms in total. The molecule has 0 aliphatic carbocycles. The van der Waals surface area contributed by atoms with Crippen LogP contribution in [0.4, 0.5) is 4.39 Å². The van der Waals surface area contributed by atoms with E-state index in [1.165, 1.54) is 0 Å². The Balaban J connectivity index is 0.00000192. The van der Waals surface area contributed by atoms with Crippen LogP contribution in [0.2, 0.25) is 0 Å². The van der Waals surface area contributed by atoms with Gasteiger partial charge in [0.15, 0.2) is 5.11 Å². The summed E-state index contributed by atoms with van der Waals surface area (Å²) in [5.41, 5.74) is 2.22. The normalized spacial score (nSPS) is 19.9. The van der Waals surface area contributed by atoms with Crippen LogP contribution >= 0.6 is 12.2 Å². The molecule has 6 heteroatoms. The van der Waals surface area contributed by atoms with E-state index in [9.17, 15) is 4.39 Å². The van der Waals surface area contributed by atoms with E-state index in [1.54, 1.807) is 0 Å². The topological polar surface area (TPSA) is 27.7 Å². The largest absolute Gasteiger partial charge is 0.488 e. The minimum atomic E-state index is -0.284. The molecule has 0 bridgehead atoms. The molecule has 3 rings (SSSR count). The third kappa shape index (κ3) is 3.39. The maximum atomic E-state index is 12.3. The SMILES string of the molecule is FCCN1CCN(C(=S)N/C=C2/COc3ccccc32)CC1.[HH]. The summed E-state index contributed by atoms with van der Waals surface area (Å²) in [5, 5.41) is 3.92. The molecule has 1 aromatic carbocycles. The lowest BCUT2D eigenvalue weighted by Gasteiger charge is -2.35. The van der Waals surface area contributed by atoms with Gasteiger partial charge < -0.3 is 15.0 Å². The third-order valence-corrected chi connectivity index (χ3v) is 4.42. The number of rotatable bonds is 3. The molecule has 2 aliphatic heterocycles. The summed E-state index contributed by atoms with van der Waals surface area (Å²) in [6.07, 6.45) is 1.93. The number of halogens is 1. The van der Waals surface area contributed by atoms with Gasteiger partial charge in [0.1, 0.15) is 19.0 Å². The van der Waals surface area contributed by atoms with Gasteiger partial charge in [-0.05, 0) is 18.3 Å². The minimum absolute atomic E-state index is 0. The van der Waals surface area contributed by atoms with Gasteiger partial charge in [-0.25, -0.2) is 4.39 Å². The second kappa shape index (κ2) is 7.07. The molecule has 2 aliphatic rings. The first-order chi connectivity index (χ1) is 10.8. The van der Waals surface area contributed by atoms with Gasteiger partial charge in [-0.3, -0.25) is 4.90 Å². The van der Waals surface area contributed by atoms with E-state index in [1.807, 2.05) is 24.4 Å². The molecular weight excluding hydrogens is 301 g/mol. The molecule has 0 amide bonds. The number of nitrogens with one attached hydrogen (secondary N) is 1. The molecule has 1 N–H and O–H groups in total. The molecule has 0 spiro atoms. The van der Waals surface area contributed by atoms with Gasteiger partial charge in [-0.15, -0.1) is 0 Å². The fourth-order valence-electron chi connectivity index (χ4n) is 2.74. The fourth-order valence-corrected chi connectivity index (χ4v) is 2.99. The van der Waals surface area contributed by atoms with Gasteiger partial charge in [0, 0.05) is 51.5 Å². The van der Waals surface area contributed by atoms with E-state index in [0.29, 0.717) is 13.2 Å². The number of alkyl halides is 1. The number of fused-ring (bicyclic) bond motifs is 1. The van der Waals surface area contributed by atoms with Crippen molar-refractivity contribution in [2.45, 2.75) is 0 Å². The Labute approximate surface area is 137 Å². The van der Waals surface area contributed by atoms with E-state index in [-0.39, 0.29) is 8.10 Å². The Morgan fingerprint density at radius 2 is 2.09 bits per heavy atom. The summed E-state index contributed by atoms with van der Waals surface area (Å²) in [4.78, 5) is 4.25. The number of thiocarbonyl (C=S) groups is 1. The van der Waals surface area contributed by atoms with Crippen molar-refractivity contribution in [2.75, 3.05) is 46.0 Å². The highest BCUT2D eigenvalue weighted by Crippen LogP contribution is 2.31. The first-order valence-electron chi connectivity index (χ1n) is 7.53. The highest BCUT2D eigenvalue weighted by atomic mass is 32.1. The van der Waals surface area contributed by atoms with Gasteiger partial charge in [0.25, 0.3) is 0 Å². The van der Waals surface area contributed by atoms with Crippen molar-refractivity contribution in [3.05, 3.63) is 36.0 Å². The Bertz CT molecular complexity index is 576. The van der Waals surface area contributed by atoms with Gasteiger partial charge >= 0.3 is 0 Å². The monoisotopic (exact) mass is 323 g/mol. The van der Waals surface area contributed by atoms with Crippen LogP contribution in [-0.4, -0.2) is 60.9 Å². The van der Waals surface area contributed by atoms with Crippen LogP contribution in [0.15, 0.2) is 30.5 Å². The lowest BCUT2D eigenvalue weighted by molar-refractivity contribution is 0.171. The van der Waals surface area contributed by atoms with Crippen LogP contribution < -0.4 is 10.1 Å². The Hall–Kier alpha value is -1.66. The number of piperazine rings is 1. The maximum absolute atomic E-state index is 12.3. The van der Waals surface area contributed by atoms with Crippen LogP contribution in [0.5, 0.6) is 5.75 Å². The molecule has 0 saturated carbocycles. The smallest absolute Gasteiger partial charge is 0.173 e. The number of nitrogens with zero attached hydrogens (tertiary/aromatic N) is 2. The molecule has 22 heavy (non-hydrogen) atoms. The zero-order chi connectivity index (χ0) is 15.4. The van der Waals surface area contributed by atoms with E-state index >= 15 is 0 Å². The van der Waals surface area contributed by atoms with Gasteiger partial charge in [-0.1, -0.05) is 18.2 Å². The quantitative estimate of drug-likeness (QED) is 0.860. The summed E-state index contributed by atoms with van der Waals surface area (Å²) in [6, 6.07) is 7.99. The van der Waals surface area contributed by atoms with Crippen molar-refractivity contribution in [3.63, 3.8) is 0 Å². The van der Waals surface area contributed by atoms with Crippen molar-refractivity contribution >= 4 is 22.9 Å². The van der Waals surface area contributed by atoms with Crippen LogP contribution in [0.1, 0.15) is 6.99 Å². The van der Waals surface area contributed by atoms with Crippen molar-refractivity contribution in [1.82, 2.24) is 15.1 Å². The summed E-state index contributed by atoms with van der Waals surface area (Å²) < 4.78 is 18.0. The van der Waals surface area contributed by atoms with E-state index in [0.717, 1.165) is 48.2 Å². The van der Waals surface area contributed by atoms with Crippen molar-refractivity contribution in [2.24, 2.45) is 0 Å². The van der Waals surface area contributed by atoms with Gasteiger partial charge in [0.2, 0.25) is 0 Å². The number of hydrogen-bond donors (Lipinski definition) is 1. The van der Waals surface area contributed by atoms with E-state index < -0.39 is 0 Å². The molecule has 0 unspecified atom stereocenters. The highest BCUT2D eigenvalue weighted by molar-refractivity contribution is 7.80. The lowest BCUT2D eigenvalue weighted by atomic mass is 10.1. The van der Waals surface area contributed by atoms with Crippen LogP contribution in [0, 0.1) is 0 Å². The Morgan fingerprint density at radius 1 is 1.32 bits per heavy atom. The fraction of sp³-hybridized carbons (Fsp3) is 0.438. The molecule has 1 saturated heterocycles. The number of ether oxygens (including phenoxy) is 1. The number of benzene rings is 1. The van der Waals surface area contributed by atoms with Gasteiger partial charge in [0.05, 0.1) is 0 Å². The second-order valence-corrected chi connectivity index (χ2v) is 5.81. The van der Waals surface area contributed by atoms with E-state index in [2.05, 4.69) is 21.2 Å². The average molecular weight is 323 g/mol. The Morgan fingerprint density at radius 3 is 2.86 bits per heavy atom. The standard InChI is InChI=1S/C16H20FN3OS.H2/c17-5-6-19-7-9-20(10-8-19)16(22)18-11-13-12-21-15-4-2-1-3-14(13)15;/h1-4,11H,5-10,12H2,(H,18,22);1H/b13-11-;. The average Bonchev–Trinajstić information content (AvgIpc) is 2.97. The van der Waals surface area contributed by atoms with E-state index in [4.69, 9.17) is 17.0 Å². The molecule has 0 radical (unpaired) electrons. The van der Waals surface area contributed by atoms with Crippen LogP contribution in [-0.2, 0) is 0 Å². The maximum Gasteiger partial charge on any atom is 0.173 e. The minimum Gasteiger partial charge on any atom is -0.488 e. The predicted octanol–water partition coefficient (Wildman–Crippen LogP) is 2.13. The summed E-state index contributed by atoms with van der Waals surface area (Å²) in [6.45, 7) is 4.19. The molecule has 1 aromatic rings. The number of para-hydroxylation sites is 1. The van der Waals surface area contributed by atoms with Gasteiger partial charge in [-0.2, -0.15) is 0 Å². The Kier molecular flexibility index (Phi) is 4.90. The lowest BCUT2D eigenvalue weighted by Crippen LogP contribution is -2.51. The highest BCUT2D eigenvalue weighted by Gasteiger charge is 2.19. The molecule has 120 valence electrons. The van der Waals surface area contributed by atoms with Crippen molar-refractivity contribution in [1.29, 1.82) is 0 Å². The zero-order valence-corrected chi connectivity index (χ0v) is 13.2. The van der Waals surface area contributed by atoms with Crippen molar-refractivity contribution < 1.29 is 10.6 Å². The van der Waals surface area contributed by atoms with Crippen LogP contribution in [0.25, 0.3) is 5.57 Å². The van der Waals surface area contributed by atoms with Crippen LogP contribution in [0.3, 0.4) is 0 Å². The molecular formula is C16H22FN3OS.